The summed E-state index contributed by atoms with van der Waals surface area (Å²) in [4.78, 5) is 13.9. The van der Waals surface area contributed by atoms with Gasteiger partial charge in [0.2, 0.25) is 0 Å². The molecule has 0 N–H and O–H groups in total. The summed E-state index contributed by atoms with van der Waals surface area (Å²) in [6.45, 7) is 2.45. The largest absolute Gasteiger partial charge is 0.496 e. The van der Waals surface area contributed by atoms with E-state index in [9.17, 15) is 4.79 Å². The van der Waals surface area contributed by atoms with Crippen molar-refractivity contribution < 1.29 is 14.3 Å². The Hall–Kier alpha value is -1.55. The summed E-state index contributed by atoms with van der Waals surface area (Å²) in [5, 5.41) is 0. The van der Waals surface area contributed by atoms with Gasteiger partial charge in [0.15, 0.2) is 0 Å². The van der Waals surface area contributed by atoms with E-state index in [0.29, 0.717) is 12.5 Å². The molecule has 4 heteroatoms. The van der Waals surface area contributed by atoms with Gasteiger partial charge >= 0.3 is 5.97 Å². The van der Waals surface area contributed by atoms with E-state index in [2.05, 4.69) is 11.0 Å². The molecule has 0 bridgehead atoms. The van der Waals surface area contributed by atoms with Crippen LogP contribution in [0.25, 0.3) is 0 Å². The van der Waals surface area contributed by atoms with Crippen molar-refractivity contribution in [3.63, 3.8) is 0 Å². The number of carbonyl (C=O) groups is 1. The number of hydrogen-bond acceptors (Lipinski definition) is 4. The topological polar surface area (TPSA) is 38.8 Å². The van der Waals surface area contributed by atoms with Gasteiger partial charge in [-0.3, -0.25) is 9.69 Å². The van der Waals surface area contributed by atoms with Gasteiger partial charge in [0.1, 0.15) is 11.8 Å². The third kappa shape index (κ3) is 2.32. The quantitative estimate of drug-likeness (QED) is 0.778. The van der Waals surface area contributed by atoms with E-state index in [0.717, 1.165) is 31.7 Å². The third-order valence-electron chi connectivity index (χ3n) is 4.15. The molecule has 3 rings (SSSR count). The minimum absolute atomic E-state index is 0.0280. The van der Waals surface area contributed by atoms with Crippen LogP contribution in [-0.4, -0.2) is 43.7 Å². The molecule has 4 nitrogen and oxygen atoms in total. The molecule has 2 atom stereocenters. The van der Waals surface area contributed by atoms with Gasteiger partial charge in [-0.1, -0.05) is 18.2 Å². The maximum Gasteiger partial charge on any atom is 0.323 e. The molecule has 19 heavy (non-hydrogen) atoms. The molecule has 0 unspecified atom stereocenters. The fraction of sp³-hybridized carbons (Fsp3) is 0.533. The maximum atomic E-state index is 11.6. The van der Waals surface area contributed by atoms with Crippen molar-refractivity contribution in [1.82, 2.24) is 4.90 Å². The summed E-state index contributed by atoms with van der Waals surface area (Å²) in [5.41, 5.74) is 1.25. The number of rotatable bonds is 3. The molecule has 0 aromatic heterocycles. The predicted molar refractivity (Wildman–Crippen MR) is 71.3 cm³/mol. The van der Waals surface area contributed by atoms with Gasteiger partial charge in [-0.2, -0.15) is 0 Å². The second-order valence-corrected chi connectivity index (χ2v) is 5.19. The van der Waals surface area contributed by atoms with Gasteiger partial charge in [-0.25, -0.2) is 0 Å². The highest BCUT2D eigenvalue weighted by molar-refractivity contribution is 5.77. The molecule has 2 saturated heterocycles. The second-order valence-electron chi connectivity index (χ2n) is 5.19. The van der Waals surface area contributed by atoms with Crippen molar-refractivity contribution in [2.75, 3.05) is 26.8 Å². The maximum absolute atomic E-state index is 11.6. The van der Waals surface area contributed by atoms with Crippen LogP contribution in [0.2, 0.25) is 0 Å². The molecule has 2 aliphatic heterocycles. The summed E-state index contributed by atoms with van der Waals surface area (Å²) in [5.74, 6) is 1.34. The molecule has 0 saturated carbocycles. The van der Waals surface area contributed by atoms with Crippen LogP contribution in [0, 0.1) is 0 Å². The number of esters is 1. The van der Waals surface area contributed by atoms with Crippen LogP contribution in [0.1, 0.15) is 24.3 Å². The van der Waals surface area contributed by atoms with E-state index in [1.165, 1.54) is 5.56 Å². The van der Waals surface area contributed by atoms with E-state index in [4.69, 9.17) is 9.47 Å². The van der Waals surface area contributed by atoms with E-state index >= 15 is 0 Å². The molecule has 0 spiro atoms. The monoisotopic (exact) mass is 261 g/mol. The van der Waals surface area contributed by atoms with Crippen LogP contribution < -0.4 is 4.74 Å². The number of likely N-dealkylation sites (tertiary alicyclic amines) is 1. The van der Waals surface area contributed by atoms with Crippen molar-refractivity contribution in [3.8, 4) is 5.75 Å². The van der Waals surface area contributed by atoms with Crippen LogP contribution in [-0.2, 0) is 9.53 Å². The first-order chi connectivity index (χ1) is 9.29. The lowest BCUT2D eigenvalue weighted by molar-refractivity contribution is -0.142. The minimum atomic E-state index is -0.0549. The Labute approximate surface area is 113 Å². The Bertz CT molecular complexity index is 474. The van der Waals surface area contributed by atoms with Gasteiger partial charge < -0.3 is 9.47 Å². The van der Waals surface area contributed by atoms with Gasteiger partial charge in [0, 0.05) is 18.9 Å². The highest BCUT2D eigenvalue weighted by atomic mass is 16.5. The highest BCUT2D eigenvalue weighted by Gasteiger charge is 2.37. The average molecular weight is 261 g/mol. The summed E-state index contributed by atoms with van der Waals surface area (Å²) in [6.07, 6.45) is 1.90. The zero-order chi connectivity index (χ0) is 13.2. The van der Waals surface area contributed by atoms with Crippen LogP contribution in [0.15, 0.2) is 24.3 Å². The second kappa shape index (κ2) is 5.21. The first kappa shape index (κ1) is 12.5. The molecule has 102 valence electrons. The van der Waals surface area contributed by atoms with Crippen LogP contribution in [0.3, 0.4) is 0 Å². The van der Waals surface area contributed by atoms with Crippen LogP contribution in [0.4, 0.5) is 0 Å². The Balaban J connectivity index is 1.73. The number of para-hydroxylation sites is 1. The van der Waals surface area contributed by atoms with E-state index in [-0.39, 0.29) is 12.0 Å². The molecule has 1 aromatic carbocycles. The number of methoxy groups -OCH3 is 1. The van der Waals surface area contributed by atoms with Gasteiger partial charge in [0.05, 0.1) is 13.7 Å². The highest BCUT2D eigenvalue weighted by Crippen LogP contribution is 2.35. The summed E-state index contributed by atoms with van der Waals surface area (Å²) in [7, 11) is 1.71. The molecule has 0 aliphatic carbocycles. The molecule has 1 aromatic rings. The average Bonchev–Trinajstić information content (AvgIpc) is 3.07. The van der Waals surface area contributed by atoms with Crippen molar-refractivity contribution in [2.24, 2.45) is 0 Å². The minimum Gasteiger partial charge on any atom is -0.496 e. The molecular weight excluding hydrogens is 242 g/mol. The first-order valence-corrected chi connectivity index (χ1v) is 6.83. The Kier molecular flexibility index (Phi) is 3.42. The number of ether oxygens (including phenoxy) is 2. The Morgan fingerprint density at radius 2 is 2.16 bits per heavy atom. The molecule has 0 amide bonds. The fourth-order valence-electron chi connectivity index (χ4n) is 3.14. The number of carbonyl (C=O) groups excluding carboxylic acids is 1. The predicted octanol–water partition coefficient (Wildman–Crippen LogP) is 1.80. The number of hydrogen-bond donors (Lipinski definition) is 0. The zero-order valence-corrected chi connectivity index (χ0v) is 11.2. The Morgan fingerprint density at radius 1 is 1.32 bits per heavy atom. The number of benzene rings is 1. The van der Waals surface area contributed by atoms with E-state index in [1.807, 2.05) is 18.2 Å². The lowest BCUT2D eigenvalue weighted by Crippen LogP contribution is -2.36. The smallest absolute Gasteiger partial charge is 0.323 e. The van der Waals surface area contributed by atoms with Gasteiger partial charge in [-0.05, 0) is 24.6 Å². The van der Waals surface area contributed by atoms with Crippen molar-refractivity contribution in [1.29, 1.82) is 0 Å². The zero-order valence-electron chi connectivity index (χ0n) is 11.2. The molecule has 2 heterocycles. The SMILES string of the molecule is COc1ccccc1[C@@H]1CCN([C@@H]2CCOC2=O)C1. The molecule has 2 aliphatic rings. The third-order valence-corrected chi connectivity index (χ3v) is 4.15. The first-order valence-electron chi connectivity index (χ1n) is 6.83. The van der Waals surface area contributed by atoms with Crippen molar-refractivity contribution in [3.05, 3.63) is 29.8 Å². The van der Waals surface area contributed by atoms with Crippen LogP contribution in [0.5, 0.6) is 5.75 Å². The van der Waals surface area contributed by atoms with Crippen LogP contribution >= 0.6 is 0 Å². The standard InChI is InChI=1S/C15H19NO3/c1-18-14-5-3-2-4-12(14)11-6-8-16(10-11)13-7-9-19-15(13)17/h2-5,11,13H,6-10H2,1H3/t11-,13-/m1/s1. The van der Waals surface area contributed by atoms with E-state index < -0.39 is 0 Å². The summed E-state index contributed by atoms with van der Waals surface area (Å²) >= 11 is 0. The summed E-state index contributed by atoms with van der Waals surface area (Å²) in [6, 6.07) is 8.13. The number of nitrogens with zero attached hydrogens (tertiary/aromatic N) is 1. The lowest BCUT2D eigenvalue weighted by atomic mass is 9.97. The molecule has 2 fully saturated rings. The van der Waals surface area contributed by atoms with E-state index in [1.54, 1.807) is 7.11 Å². The number of cyclic esters (lactones) is 1. The fourth-order valence-corrected chi connectivity index (χ4v) is 3.14. The summed E-state index contributed by atoms with van der Waals surface area (Å²) < 4.78 is 10.5. The Morgan fingerprint density at radius 3 is 2.89 bits per heavy atom. The molecule has 0 radical (unpaired) electrons. The van der Waals surface area contributed by atoms with Crippen molar-refractivity contribution >= 4 is 5.97 Å². The van der Waals surface area contributed by atoms with Gasteiger partial charge in [-0.15, -0.1) is 0 Å². The van der Waals surface area contributed by atoms with Crippen molar-refractivity contribution in [2.45, 2.75) is 24.8 Å². The molecular formula is C15H19NO3. The van der Waals surface area contributed by atoms with Gasteiger partial charge in [0.25, 0.3) is 0 Å². The lowest BCUT2D eigenvalue weighted by Gasteiger charge is -2.20. The normalized spacial score (nSPS) is 27.5.